The van der Waals surface area contributed by atoms with Gasteiger partial charge in [-0.15, -0.1) is 0 Å². The molecule has 0 bridgehead atoms. The first kappa shape index (κ1) is 24.0. The molecule has 0 aliphatic carbocycles. The summed E-state index contributed by atoms with van der Waals surface area (Å²) in [5.74, 6) is -0.502. The molecule has 2 aromatic rings. The van der Waals surface area contributed by atoms with Crippen LogP contribution in [0.25, 0.3) is 0 Å². The fourth-order valence-corrected chi connectivity index (χ4v) is 4.77. The molecular formula is C21H24BrClN2O5S. The number of nitrogens with zero attached hydrogens (tertiary/aromatic N) is 2. The lowest BCUT2D eigenvalue weighted by Crippen LogP contribution is -2.54. The number of amides is 1. The number of hydrogen-bond acceptors (Lipinski definition) is 5. The molecule has 1 aliphatic rings. The summed E-state index contributed by atoms with van der Waals surface area (Å²) >= 11 is 9.21. The quantitative estimate of drug-likeness (QED) is 0.550. The zero-order valence-corrected chi connectivity index (χ0v) is 20.2. The maximum Gasteiger partial charge on any atom is 0.269 e. The minimum Gasteiger partial charge on any atom is -0.483 e. The second-order valence-electron chi connectivity index (χ2n) is 7.56. The second-order valence-corrected chi connectivity index (χ2v) is 10.4. The molecule has 2 aromatic carbocycles. The van der Waals surface area contributed by atoms with E-state index < -0.39 is 15.9 Å². The largest absolute Gasteiger partial charge is 0.483 e. The SMILES string of the molecule is C[C@@H]1CN(Cc2ccc(Cl)cc2)CCN1C(=O)COc1ccc(Br)cc1CS(=O)(=O)O. The van der Waals surface area contributed by atoms with Crippen molar-refractivity contribution in [1.29, 1.82) is 0 Å². The van der Waals surface area contributed by atoms with Gasteiger partial charge in [-0.2, -0.15) is 8.42 Å². The van der Waals surface area contributed by atoms with E-state index in [4.69, 9.17) is 20.9 Å². The molecule has 10 heteroatoms. The molecule has 0 aromatic heterocycles. The van der Waals surface area contributed by atoms with Gasteiger partial charge in [0.25, 0.3) is 16.0 Å². The lowest BCUT2D eigenvalue weighted by molar-refractivity contribution is -0.138. The summed E-state index contributed by atoms with van der Waals surface area (Å²) in [6.45, 7) is 4.63. The Morgan fingerprint density at radius 1 is 1.23 bits per heavy atom. The normalized spacial score (nSPS) is 17.5. The maximum absolute atomic E-state index is 12.7. The van der Waals surface area contributed by atoms with Crippen LogP contribution in [0, 0.1) is 0 Å². The number of piperazine rings is 1. The van der Waals surface area contributed by atoms with Crippen molar-refractivity contribution in [3.8, 4) is 5.75 Å². The highest BCUT2D eigenvalue weighted by Crippen LogP contribution is 2.25. The number of carbonyl (C=O) groups excluding carboxylic acids is 1. The predicted octanol–water partition coefficient (Wildman–Crippen LogP) is 3.60. The fourth-order valence-electron chi connectivity index (χ4n) is 3.62. The van der Waals surface area contributed by atoms with E-state index in [1.165, 1.54) is 5.56 Å². The van der Waals surface area contributed by atoms with Gasteiger partial charge >= 0.3 is 0 Å². The Hall–Kier alpha value is -1.65. The molecule has 1 fully saturated rings. The molecule has 7 nitrogen and oxygen atoms in total. The molecule has 3 rings (SSSR count). The molecule has 1 atom stereocenters. The topological polar surface area (TPSA) is 87.2 Å². The van der Waals surface area contributed by atoms with E-state index in [0.717, 1.165) is 19.6 Å². The van der Waals surface area contributed by atoms with E-state index in [2.05, 4.69) is 20.8 Å². The van der Waals surface area contributed by atoms with Crippen LogP contribution in [-0.2, 0) is 27.2 Å². The summed E-state index contributed by atoms with van der Waals surface area (Å²) < 4.78 is 38.0. The molecule has 0 unspecified atom stereocenters. The van der Waals surface area contributed by atoms with Gasteiger partial charge in [-0.05, 0) is 42.8 Å². The van der Waals surface area contributed by atoms with Crippen molar-refractivity contribution in [2.24, 2.45) is 0 Å². The van der Waals surface area contributed by atoms with E-state index in [0.29, 0.717) is 16.0 Å². The number of carbonyl (C=O) groups is 1. The van der Waals surface area contributed by atoms with Crippen molar-refractivity contribution in [1.82, 2.24) is 9.80 Å². The first-order valence-electron chi connectivity index (χ1n) is 9.73. The third kappa shape index (κ3) is 7.18. The van der Waals surface area contributed by atoms with Crippen LogP contribution in [0.3, 0.4) is 0 Å². The fraction of sp³-hybridized carbons (Fsp3) is 0.381. The second kappa shape index (κ2) is 10.3. The lowest BCUT2D eigenvalue weighted by Gasteiger charge is -2.39. The van der Waals surface area contributed by atoms with Gasteiger partial charge in [0.05, 0.1) is 0 Å². The lowest BCUT2D eigenvalue weighted by atomic mass is 10.1. The molecule has 1 saturated heterocycles. The Morgan fingerprint density at radius 2 is 1.94 bits per heavy atom. The summed E-state index contributed by atoms with van der Waals surface area (Å²) in [6.07, 6.45) is 0. The molecular weight excluding hydrogens is 508 g/mol. The van der Waals surface area contributed by atoms with Gasteiger partial charge in [-0.25, -0.2) is 0 Å². The summed E-state index contributed by atoms with van der Waals surface area (Å²) in [6, 6.07) is 12.6. The van der Waals surface area contributed by atoms with Gasteiger partial charge in [0.15, 0.2) is 6.61 Å². The van der Waals surface area contributed by atoms with Crippen molar-refractivity contribution >= 4 is 43.6 Å². The molecule has 1 N–H and O–H groups in total. The van der Waals surface area contributed by atoms with Crippen molar-refractivity contribution in [3.63, 3.8) is 0 Å². The van der Waals surface area contributed by atoms with Crippen molar-refractivity contribution in [3.05, 3.63) is 63.1 Å². The molecule has 31 heavy (non-hydrogen) atoms. The zero-order valence-electron chi connectivity index (χ0n) is 17.0. The van der Waals surface area contributed by atoms with Crippen molar-refractivity contribution in [2.75, 3.05) is 26.2 Å². The van der Waals surface area contributed by atoms with Gasteiger partial charge in [0.1, 0.15) is 11.5 Å². The number of benzene rings is 2. The molecule has 0 spiro atoms. The monoisotopic (exact) mass is 530 g/mol. The molecule has 1 heterocycles. The van der Waals surface area contributed by atoms with Crippen LogP contribution < -0.4 is 4.74 Å². The van der Waals surface area contributed by atoms with Gasteiger partial charge < -0.3 is 9.64 Å². The maximum atomic E-state index is 12.7. The van der Waals surface area contributed by atoms with Crippen LogP contribution in [0.2, 0.25) is 5.02 Å². The average molecular weight is 532 g/mol. The zero-order chi connectivity index (χ0) is 22.6. The number of halogens is 2. The Kier molecular flexibility index (Phi) is 7.98. The van der Waals surface area contributed by atoms with Crippen LogP contribution >= 0.6 is 27.5 Å². The highest BCUT2D eigenvalue weighted by Gasteiger charge is 2.28. The van der Waals surface area contributed by atoms with E-state index in [9.17, 15) is 13.2 Å². The minimum atomic E-state index is -4.23. The predicted molar refractivity (Wildman–Crippen MR) is 123 cm³/mol. The van der Waals surface area contributed by atoms with Gasteiger partial charge in [0.2, 0.25) is 0 Å². The van der Waals surface area contributed by atoms with E-state index in [1.807, 2.05) is 31.2 Å². The first-order valence-corrected chi connectivity index (χ1v) is 12.5. The highest BCUT2D eigenvalue weighted by molar-refractivity contribution is 9.10. The number of rotatable bonds is 7. The van der Waals surface area contributed by atoms with E-state index in [-0.39, 0.29) is 29.9 Å². The Labute approximate surface area is 195 Å². The first-order chi connectivity index (χ1) is 14.6. The number of hydrogen-bond donors (Lipinski definition) is 1. The van der Waals surface area contributed by atoms with Crippen LogP contribution in [0.5, 0.6) is 5.75 Å². The Bertz CT molecular complexity index is 1030. The summed E-state index contributed by atoms with van der Waals surface area (Å²) in [4.78, 5) is 16.8. The summed E-state index contributed by atoms with van der Waals surface area (Å²) in [7, 11) is -4.23. The van der Waals surface area contributed by atoms with Crippen LogP contribution in [0.4, 0.5) is 0 Å². The molecule has 1 amide bonds. The van der Waals surface area contributed by atoms with Gasteiger partial charge in [-0.3, -0.25) is 14.2 Å². The van der Waals surface area contributed by atoms with Crippen LogP contribution in [0.15, 0.2) is 46.9 Å². The average Bonchev–Trinajstić information content (AvgIpc) is 2.68. The smallest absolute Gasteiger partial charge is 0.269 e. The molecule has 1 aliphatic heterocycles. The molecule has 168 valence electrons. The molecule has 0 radical (unpaired) electrons. The Morgan fingerprint density at radius 3 is 2.58 bits per heavy atom. The minimum absolute atomic E-state index is 0.0133. The van der Waals surface area contributed by atoms with Crippen molar-refractivity contribution in [2.45, 2.75) is 25.3 Å². The molecule has 0 saturated carbocycles. The third-order valence-electron chi connectivity index (χ3n) is 5.06. The third-order valence-corrected chi connectivity index (χ3v) is 6.48. The van der Waals surface area contributed by atoms with E-state index in [1.54, 1.807) is 23.1 Å². The van der Waals surface area contributed by atoms with Crippen LogP contribution in [-0.4, -0.2) is 61.0 Å². The highest BCUT2D eigenvalue weighted by atomic mass is 79.9. The number of ether oxygens (including phenoxy) is 1. The van der Waals surface area contributed by atoms with Gasteiger partial charge in [0, 0.05) is 47.3 Å². The summed E-state index contributed by atoms with van der Waals surface area (Å²) in [5, 5.41) is 0.707. The Balaban J connectivity index is 1.56. The summed E-state index contributed by atoms with van der Waals surface area (Å²) in [5.41, 5.74) is 1.45. The standard InChI is InChI=1S/C21H24BrClN2O5S/c1-15-11-24(12-16-2-5-19(23)6-3-16)8-9-25(15)21(26)13-30-20-7-4-18(22)10-17(20)14-31(27,28)29/h2-7,10,15H,8-9,11-14H2,1H3,(H,27,28,29)/t15-/m1/s1. The van der Waals surface area contributed by atoms with Crippen LogP contribution in [0.1, 0.15) is 18.1 Å². The van der Waals surface area contributed by atoms with E-state index >= 15 is 0 Å². The van der Waals surface area contributed by atoms with Crippen molar-refractivity contribution < 1.29 is 22.5 Å². The van der Waals surface area contributed by atoms with Gasteiger partial charge in [-0.1, -0.05) is 39.7 Å².